The third-order valence-corrected chi connectivity index (χ3v) is 4.94. The van der Waals surface area contributed by atoms with E-state index in [0.29, 0.717) is 15.8 Å². The molecule has 0 saturated carbocycles. The lowest BCUT2D eigenvalue weighted by atomic mass is 10.0. The van der Waals surface area contributed by atoms with E-state index in [0.717, 1.165) is 37.6 Å². The number of benzene rings is 1. The minimum Gasteiger partial charge on any atom is -0.479 e. The van der Waals surface area contributed by atoms with Gasteiger partial charge in [-0.15, -0.1) is 0 Å². The summed E-state index contributed by atoms with van der Waals surface area (Å²) in [5, 5.41) is 4.29. The summed E-state index contributed by atoms with van der Waals surface area (Å²) < 4.78 is 6.06. The van der Waals surface area contributed by atoms with Gasteiger partial charge in [-0.3, -0.25) is 0 Å². The quantitative estimate of drug-likeness (QED) is 0.749. The summed E-state index contributed by atoms with van der Waals surface area (Å²) in [6.07, 6.45) is -0.295. The van der Waals surface area contributed by atoms with E-state index in [4.69, 9.17) is 33.7 Å². The van der Waals surface area contributed by atoms with Crippen LogP contribution in [0.3, 0.4) is 0 Å². The Kier molecular flexibility index (Phi) is 3.40. The van der Waals surface area contributed by atoms with E-state index < -0.39 is 0 Å². The number of hydrogen-bond acceptors (Lipinski definition) is 6. The largest absolute Gasteiger partial charge is 0.479 e. The van der Waals surface area contributed by atoms with Crippen molar-refractivity contribution in [3.05, 3.63) is 27.7 Å². The average molecular weight is 340 g/mol. The van der Waals surface area contributed by atoms with E-state index in [1.807, 2.05) is 6.07 Å². The van der Waals surface area contributed by atoms with Crippen LogP contribution in [0.5, 0.6) is 5.75 Å². The van der Waals surface area contributed by atoms with Crippen molar-refractivity contribution in [2.45, 2.75) is 12.1 Å². The highest BCUT2D eigenvalue weighted by Gasteiger charge is 2.44. The van der Waals surface area contributed by atoms with Crippen molar-refractivity contribution >= 4 is 35.0 Å². The van der Waals surface area contributed by atoms with Crippen LogP contribution in [-0.4, -0.2) is 49.0 Å². The summed E-state index contributed by atoms with van der Waals surface area (Å²) in [7, 11) is 0. The first-order valence-electron chi connectivity index (χ1n) is 7.17. The van der Waals surface area contributed by atoms with Gasteiger partial charge in [0.1, 0.15) is 11.8 Å². The zero-order chi connectivity index (χ0) is 15.3. The van der Waals surface area contributed by atoms with Gasteiger partial charge < -0.3 is 20.7 Å². The fraction of sp³-hybridized carbons (Fsp3) is 0.429. The van der Waals surface area contributed by atoms with Crippen molar-refractivity contribution in [1.82, 2.24) is 10.2 Å². The van der Waals surface area contributed by atoms with Gasteiger partial charge in [0.25, 0.3) is 0 Å². The Morgan fingerprint density at radius 2 is 2.05 bits per heavy atom. The van der Waals surface area contributed by atoms with Crippen molar-refractivity contribution < 1.29 is 4.74 Å². The Labute approximate surface area is 137 Å². The molecule has 0 bridgehead atoms. The molecule has 0 amide bonds. The van der Waals surface area contributed by atoms with Crippen molar-refractivity contribution in [2.75, 3.05) is 26.2 Å². The first kappa shape index (κ1) is 14.1. The van der Waals surface area contributed by atoms with Gasteiger partial charge in [-0.25, -0.2) is 4.99 Å². The number of nitrogens with one attached hydrogen (secondary N) is 1. The molecule has 116 valence electrons. The van der Waals surface area contributed by atoms with Crippen LogP contribution >= 0.6 is 23.2 Å². The lowest BCUT2D eigenvalue weighted by Crippen LogP contribution is -2.53. The first-order valence-corrected chi connectivity index (χ1v) is 7.93. The normalized spacial score (nSPS) is 26.7. The molecule has 1 fully saturated rings. The predicted octanol–water partition coefficient (Wildman–Crippen LogP) is 1.43. The Balaban J connectivity index is 1.75. The zero-order valence-electron chi connectivity index (χ0n) is 11.7. The van der Waals surface area contributed by atoms with Gasteiger partial charge in [-0.2, -0.15) is 4.99 Å². The summed E-state index contributed by atoms with van der Waals surface area (Å²) in [6.45, 7) is 3.55. The molecule has 3 aliphatic heterocycles. The van der Waals surface area contributed by atoms with Crippen LogP contribution < -0.4 is 15.8 Å². The van der Waals surface area contributed by atoms with Crippen molar-refractivity contribution in [2.24, 2.45) is 15.7 Å². The molecule has 3 heterocycles. The standard InChI is InChI=1S/C14H15Cl2N5O/c15-7-1-2-8-9(10(7)16)11-12(22-8)13(20-14(17)19-11)21-5-3-18-4-6-21/h1-2,11-12,18H,3-6H2,(H2,17,19). The topological polar surface area (TPSA) is 75.2 Å². The molecule has 3 aliphatic rings. The molecule has 1 aromatic carbocycles. The molecule has 2 unspecified atom stereocenters. The molecule has 0 aromatic heterocycles. The number of ether oxygens (including phenoxy) is 1. The Bertz CT molecular complexity index is 684. The van der Waals surface area contributed by atoms with E-state index >= 15 is 0 Å². The van der Waals surface area contributed by atoms with Crippen LogP contribution in [0.1, 0.15) is 11.6 Å². The number of nitrogens with zero attached hydrogens (tertiary/aromatic N) is 3. The molecule has 3 N–H and O–H groups in total. The number of hydrogen-bond donors (Lipinski definition) is 2. The summed E-state index contributed by atoms with van der Waals surface area (Å²) in [5.74, 6) is 1.77. The highest BCUT2D eigenvalue weighted by molar-refractivity contribution is 6.42. The van der Waals surface area contributed by atoms with Crippen LogP contribution in [0.4, 0.5) is 0 Å². The van der Waals surface area contributed by atoms with Crippen LogP contribution in [-0.2, 0) is 0 Å². The molecular weight excluding hydrogens is 325 g/mol. The smallest absolute Gasteiger partial charge is 0.217 e. The number of guanidine groups is 1. The van der Waals surface area contributed by atoms with Gasteiger partial charge in [0.05, 0.1) is 10.0 Å². The monoisotopic (exact) mass is 339 g/mol. The molecule has 8 heteroatoms. The van der Waals surface area contributed by atoms with E-state index in [1.165, 1.54) is 0 Å². The summed E-state index contributed by atoms with van der Waals surface area (Å²) >= 11 is 12.5. The lowest BCUT2D eigenvalue weighted by molar-refractivity contribution is 0.238. The number of halogens is 2. The van der Waals surface area contributed by atoms with E-state index in [1.54, 1.807) is 6.07 Å². The second kappa shape index (κ2) is 5.30. The second-order valence-electron chi connectivity index (χ2n) is 5.45. The average Bonchev–Trinajstić information content (AvgIpc) is 2.90. The van der Waals surface area contributed by atoms with Gasteiger partial charge in [-0.05, 0) is 12.1 Å². The van der Waals surface area contributed by atoms with Crippen LogP contribution in [0.2, 0.25) is 10.0 Å². The second-order valence-corrected chi connectivity index (χ2v) is 6.24. The van der Waals surface area contributed by atoms with E-state index in [-0.39, 0.29) is 18.1 Å². The van der Waals surface area contributed by atoms with Gasteiger partial charge in [0.15, 0.2) is 11.9 Å². The fourth-order valence-corrected chi connectivity index (χ4v) is 3.54. The van der Waals surface area contributed by atoms with Crippen molar-refractivity contribution in [3.63, 3.8) is 0 Å². The summed E-state index contributed by atoms with van der Waals surface area (Å²) in [5.41, 5.74) is 6.72. The minimum absolute atomic E-state index is 0.252. The van der Waals surface area contributed by atoms with E-state index in [2.05, 4.69) is 20.2 Å². The Morgan fingerprint density at radius 1 is 1.27 bits per heavy atom. The minimum atomic E-state index is -0.295. The fourth-order valence-electron chi connectivity index (χ4n) is 3.10. The molecule has 1 saturated heterocycles. The Morgan fingerprint density at radius 3 is 2.82 bits per heavy atom. The number of piperazine rings is 1. The number of aliphatic imine (C=N–C) groups is 2. The molecule has 1 aromatic rings. The van der Waals surface area contributed by atoms with Crippen molar-refractivity contribution in [1.29, 1.82) is 0 Å². The first-order chi connectivity index (χ1) is 10.6. The maximum Gasteiger partial charge on any atom is 0.217 e. The molecule has 4 rings (SSSR count). The third-order valence-electron chi connectivity index (χ3n) is 4.13. The SMILES string of the molecule is NC1=NC2c3c(ccc(Cl)c3Cl)OC2C(N2CCNCC2)=N1. The Hall–Kier alpha value is -1.50. The maximum absolute atomic E-state index is 6.35. The summed E-state index contributed by atoms with van der Waals surface area (Å²) in [4.78, 5) is 11.0. The molecule has 6 nitrogen and oxygen atoms in total. The van der Waals surface area contributed by atoms with Crippen LogP contribution in [0.25, 0.3) is 0 Å². The number of amidine groups is 1. The molecule has 2 atom stereocenters. The van der Waals surface area contributed by atoms with Gasteiger partial charge in [0, 0.05) is 31.7 Å². The number of nitrogens with two attached hydrogens (primary N) is 1. The van der Waals surface area contributed by atoms with Crippen LogP contribution in [0.15, 0.2) is 22.1 Å². The highest BCUT2D eigenvalue weighted by Crippen LogP contribution is 2.47. The predicted molar refractivity (Wildman–Crippen MR) is 87.1 cm³/mol. The van der Waals surface area contributed by atoms with Crippen molar-refractivity contribution in [3.8, 4) is 5.75 Å². The molecule has 0 spiro atoms. The molecule has 0 radical (unpaired) electrons. The number of fused-ring (bicyclic) bond motifs is 3. The van der Waals surface area contributed by atoms with Gasteiger partial charge >= 0.3 is 0 Å². The zero-order valence-corrected chi connectivity index (χ0v) is 13.2. The van der Waals surface area contributed by atoms with Gasteiger partial charge in [0.2, 0.25) is 5.96 Å². The summed E-state index contributed by atoms with van der Waals surface area (Å²) in [6, 6.07) is 3.26. The third kappa shape index (κ3) is 2.14. The van der Waals surface area contributed by atoms with E-state index in [9.17, 15) is 0 Å². The molecule has 22 heavy (non-hydrogen) atoms. The number of rotatable bonds is 0. The lowest BCUT2D eigenvalue weighted by Gasteiger charge is -2.34. The van der Waals surface area contributed by atoms with Crippen LogP contribution in [0, 0.1) is 0 Å². The van der Waals surface area contributed by atoms with Gasteiger partial charge in [-0.1, -0.05) is 23.2 Å². The molecule has 0 aliphatic carbocycles. The maximum atomic E-state index is 6.35. The molecular formula is C14H15Cl2N5O. The highest BCUT2D eigenvalue weighted by atomic mass is 35.5.